The fourth-order valence-corrected chi connectivity index (χ4v) is 9.56. The zero-order valence-electron chi connectivity index (χ0n) is 21.1. The fourth-order valence-electron chi connectivity index (χ4n) is 9.56. The Morgan fingerprint density at radius 3 is 2.42 bits per heavy atom. The third-order valence-corrected chi connectivity index (χ3v) is 11.4. The monoisotopic (exact) mass is 430 g/mol. The Bertz CT molecular complexity index is 666. The molecule has 178 valence electrons. The molecule has 0 radical (unpaired) electrons. The molecule has 4 aliphatic carbocycles. The number of fused-ring (bicyclic) bond motifs is 5. The van der Waals surface area contributed by atoms with Gasteiger partial charge in [0, 0.05) is 0 Å². The van der Waals surface area contributed by atoms with Crippen LogP contribution in [0.2, 0.25) is 0 Å². The maximum absolute atomic E-state index is 10.7. The Morgan fingerprint density at radius 2 is 1.71 bits per heavy atom. The van der Waals surface area contributed by atoms with Gasteiger partial charge in [-0.15, -0.1) is 6.58 Å². The highest BCUT2D eigenvalue weighted by Crippen LogP contribution is 2.68. The molecule has 0 bridgehead atoms. The molecule has 0 aromatic rings. The predicted molar refractivity (Wildman–Crippen MR) is 130 cm³/mol. The number of hydrogen-bond donors (Lipinski definition) is 2. The zero-order valence-corrected chi connectivity index (χ0v) is 21.1. The minimum atomic E-state index is -0.595. The summed E-state index contributed by atoms with van der Waals surface area (Å²) in [5.41, 5.74) is -0.0730. The molecule has 4 fully saturated rings. The first-order chi connectivity index (χ1) is 14.4. The molecule has 4 rings (SSSR count). The van der Waals surface area contributed by atoms with Gasteiger partial charge in [0.15, 0.2) is 0 Å². The summed E-state index contributed by atoms with van der Waals surface area (Å²) in [4.78, 5) is 0. The molecule has 31 heavy (non-hydrogen) atoms. The largest absolute Gasteiger partial charge is 0.390 e. The first-order valence-electron chi connectivity index (χ1n) is 13.5. The van der Waals surface area contributed by atoms with Crippen LogP contribution in [0.4, 0.5) is 0 Å². The van der Waals surface area contributed by atoms with Gasteiger partial charge in [-0.3, -0.25) is 0 Å². The second-order valence-electron chi connectivity index (χ2n) is 13.6. The highest BCUT2D eigenvalue weighted by Gasteiger charge is 2.61. The number of rotatable bonds is 6. The first-order valence-corrected chi connectivity index (χ1v) is 13.5. The van der Waals surface area contributed by atoms with Gasteiger partial charge in [-0.1, -0.05) is 26.8 Å². The first kappa shape index (κ1) is 23.8. The Balaban J connectivity index is 1.46. The van der Waals surface area contributed by atoms with E-state index in [4.69, 9.17) is 0 Å². The summed E-state index contributed by atoms with van der Waals surface area (Å²) in [6.07, 6.45) is 16.2. The van der Waals surface area contributed by atoms with Crippen LogP contribution in [0.5, 0.6) is 0 Å². The SMILES string of the molecule is C=CCC(C)(O)CCC(C)C1CCC2C3CCC4CC(C)(O)CCC4(C)C3CCC12C. The van der Waals surface area contributed by atoms with Crippen molar-refractivity contribution < 1.29 is 10.2 Å². The summed E-state index contributed by atoms with van der Waals surface area (Å²) in [7, 11) is 0. The topological polar surface area (TPSA) is 40.5 Å². The average Bonchev–Trinajstić information content (AvgIpc) is 3.04. The molecule has 0 aliphatic heterocycles. The van der Waals surface area contributed by atoms with Crippen LogP contribution in [0.1, 0.15) is 112 Å². The molecule has 2 nitrogen and oxygen atoms in total. The molecule has 4 saturated carbocycles. The van der Waals surface area contributed by atoms with Crippen LogP contribution >= 0.6 is 0 Å². The van der Waals surface area contributed by atoms with Crippen molar-refractivity contribution in [1.29, 1.82) is 0 Å². The second kappa shape index (κ2) is 8.15. The lowest BCUT2D eigenvalue weighted by atomic mass is 9.43. The Morgan fingerprint density at radius 1 is 1.00 bits per heavy atom. The highest BCUT2D eigenvalue weighted by atomic mass is 16.3. The number of hydrogen-bond acceptors (Lipinski definition) is 2. The van der Waals surface area contributed by atoms with Gasteiger partial charge in [0.2, 0.25) is 0 Å². The quantitative estimate of drug-likeness (QED) is 0.440. The lowest BCUT2D eigenvalue weighted by molar-refractivity contribution is -0.148. The van der Waals surface area contributed by atoms with Crippen LogP contribution < -0.4 is 0 Å². The van der Waals surface area contributed by atoms with E-state index in [9.17, 15) is 10.2 Å². The third-order valence-electron chi connectivity index (χ3n) is 11.4. The van der Waals surface area contributed by atoms with Crippen molar-refractivity contribution in [3.05, 3.63) is 12.7 Å². The molecule has 0 aromatic heterocycles. The van der Waals surface area contributed by atoms with Gasteiger partial charge in [-0.25, -0.2) is 0 Å². The molecule has 2 heteroatoms. The average molecular weight is 431 g/mol. The van der Waals surface area contributed by atoms with Crippen LogP contribution in [0.25, 0.3) is 0 Å². The minimum Gasteiger partial charge on any atom is -0.390 e. The summed E-state index contributed by atoms with van der Waals surface area (Å²) in [5, 5.41) is 21.4. The summed E-state index contributed by atoms with van der Waals surface area (Å²) >= 11 is 0. The molecular weight excluding hydrogens is 380 g/mol. The lowest BCUT2D eigenvalue weighted by Crippen LogP contribution is -2.55. The van der Waals surface area contributed by atoms with Crippen molar-refractivity contribution in [3.63, 3.8) is 0 Å². The summed E-state index contributed by atoms with van der Waals surface area (Å²) < 4.78 is 0. The van der Waals surface area contributed by atoms with Crippen molar-refractivity contribution in [3.8, 4) is 0 Å². The Hall–Kier alpha value is -0.340. The molecule has 4 aliphatic rings. The van der Waals surface area contributed by atoms with E-state index in [2.05, 4.69) is 34.3 Å². The summed E-state index contributed by atoms with van der Waals surface area (Å²) in [5.74, 6) is 4.92. The predicted octanol–water partition coefficient (Wildman–Crippen LogP) is 7.14. The minimum absolute atomic E-state index is 0.430. The van der Waals surface area contributed by atoms with Crippen molar-refractivity contribution >= 4 is 0 Å². The van der Waals surface area contributed by atoms with Crippen LogP contribution in [0.3, 0.4) is 0 Å². The van der Waals surface area contributed by atoms with Crippen molar-refractivity contribution in [1.82, 2.24) is 0 Å². The fraction of sp³-hybridized carbons (Fsp3) is 0.931. The highest BCUT2D eigenvalue weighted by molar-refractivity contribution is 5.10. The van der Waals surface area contributed by atoms with E-state index in [1.165, 1.54) is 44.9 Å². The van der Waals surface area contributed by atoms with Gasteiger partial charge in [-0.05, 0) is 137 Å². The van der Waals surface area contributed by atoms with E-state index >= 15 is 0 Å². The third kappa shape index (κ3) is 4.18. The second-order valence-corrected chi connectivity index (χ2v) is 13.6. The smallest absolute Gasteiger partial charge is 0.0654 e. The molecule has 0 saturated heterocycles. The van der Waals surface area contributed by atoms with Gasteiger partial charge in [-0.2, -0.15) is 0 Å². The van der Waals surface area contributed by atoms with Gasteiger partial charge < -0.3 is 10.2 Å². The normalized spacial score (nSPS) is 50.0. The molecule has 10 unspecified atom stereocenters. The van der Waals surface area contributed by atoms with Crippen molar-refractivity contribution in [2.45, 2.75) is 123 Å². The molecule has 2 N–H and O–H groups in total. The molecule has 0 heterocycles. The maximum Gasteiger partial charge on any atom is 0.0654 e. The van der Waals surface area contributed by atoms with Gasteiger partial charge in [0.05, 0.1) is 11.2 Å². The van der Waals surface area contributed by atoms with E-state index < -0.39 is 11.2 Å². The summed E-state index contributed by atoms with van der Waals surface area (Å²) in [6.45, 7) is 15.6. The number of aliphatic hydroxyl groups is 2. The standard InChI is InChI=1S/C29H50O2/c1-7-14-26(3,30)15-12-20(2)23-10-11-24-22-9-8-21-19-27(4,31)17-18-28(21,5)25(22)13-16-29(23,24)6/h7,20-25,30-31H,1,8-19H2,2-6H3. The van der Waals surface area contributed by atoms with E-state index in [1.54, 1.807) is 0 Å². The zero-order chi connectivity index (χ0) is 22.7. The van der Waals surface area contributed by atoms with Crippen LogP contribution in [0, 0.1) is 46.3 Å². The Labute approximate surface area is 192 Å². The van der Waals surface area contributed by atoms with Crippen LogP contribution in [-0.4, -0.2) is 21.4 Å². The van der Waals surface area contributed by atoms with Gasteiger partial charge in [0.1, 0.15) is 0 Å². The summed E-state index contributed by atoms with van der Waals surface area (Å²) in [6, 6.07) is 0. The van der Waals surface area contributed by atoms with Crippen molar-refractivity contribution in [2.24, 2.45) is 46.3 Å². The van der Waals surface area contributed by atoms with E-state index in [0.29, 0.717) is 23.2 Å². The molecule has 0 amide bonds. The van der Waals surface area contributed by atoms with Crippen molar-refractivity contribution in [2.75, 3.05) is 0 Å². The van der Waals surface area contributed by atoms with Gasteiger partial charge >= 0.3 is 0 Å². The molecule has 0 aromatic carbocycles. The maximum atomic E-state index is 10.7. The molecule has 10 atom stereocenters. The molecule has 0 spiro atoms. The van der Waals surface area contributed by atoms with Crippen LogP contribution in [-0.2, 0) is 0 Å². The lowest BCUT2D eigenvalue weighted by Gasteiger charge is -2.62. The van der Waals surface area contributed by atoms with E-state index in [1.807, 2.05) is 13.0 Å². The van der Waals surface area contributed by atoms with Crippen LogP contribution in [0.15, 0.2) is 12.7 Å². The molecular formula is C29H50O2. The van der Waals surface area contributed by atoms with E-state index in [-0.39, 0.29) is 0 Å². The van der Waals surface area contributed by atoms with E-state index in [0.717, 1.165) is 55.3 Å². The van der Waals surface area contributed by atoms with Gasteiger partial charge in [0.25, 0.3) is 0 Å². The Kier molecular flexibility index (Phi) is 6.26.